The van der Waals surface area contributed by atoms with Gasteiger partial charge >= 0.3 is 0 Å². The van der Waals surface area contributed by atoms with E-state index in [0.29, 0.717) is 60.0 Å². The number of morpholine rings is 1. The highest BCUT2D eigenvalue weighted by Crippen LogP contribution is 2.28. The Labute approximate surface area is 189 Å². The van der Waals surface area contributed by atoms with Crippen molar-refractivity contribution in [2.75, 3.05) is 26.3 Å². The molecule has 9 nitrogen and oxygen atoms in total. The Hall–Kier alpha value is -3.98. The molecule has 168 valence electrons. The highest BCUT2D eigenvalue weighted by atomic mass is 16.5. The maximum absolute atomic E-state index is 13.6. The maximum atomic E-state index is 13.6. The molecule has 4 aromatic rings. The zero-order valence-electron chi connectivity index (χ0n) is 18.0. The van der Waals surface area contributed by atoms with Gasteiger partial charge in [-0.15, -0.1) is 0 Å². The summed E-state index contributed by atoms with van der Waals surface area (Å²) >= 11 is 0. The first kappa shape index (κ1) is 20.9. The number of carbonyl (C=O) groups is 2. The molecular weight excluding hydrogens is 424 g/mol. The molecule has 5 rings (SSSR count). The van der Waals surface area contributed by atoms with E-state index in [0.717, 1.165) is 0 Å². The van der Waals surface area contributed by atoms with Gasteiger partial charge < -0.3 is 23.9 Å². The van der Waals surface area contributed by atoms with E-state index in [1.54, 1.807) is 30.0 Å². The molecule has 3 aromatic heterocycles. The quantitative estimate of drug-likeness (QED) is 0.501. The minimum atomic E-state index is -0.854. The number of amides is 2. The number of nitrogens with zero attached hydrogens (tertiary/aromatic N) is 3. The molecule has 1 aliphatic rings. The van der Waals surface area contributed by atoms with Crippen LogP contribution in [0.4, 0.5) is 0 Å². The smallest absolute Gasteiger partial charge is 0.259 e. The molecule has 0 bridgehead atoms. The van der Waals surface area contributed by atoms with Gasteiger partial charge in [0, 0.05) is 13.1 Å². The number of aromatic nitrogens is 2. The highest BCUT2D eigenvalue weighted by molar-refractivity contribution is 6.08. The van der Waals surface area contributed by atoms with E-state index in [1.807, 2.05) is 30.3 Å². The topological polar surface area (TPSA) is 111 Å². The molecule has 4 heterocycles. The van der Waals surface area contributed by atoms with Crippen LogP contribution in [0.2, 0.25) is 0 Å². The second-order valence-electron chi connectivity index (χ2n) is 7.74. The van der Waals surface area contributed by atoms with Gasteiger partial charge in [0.25, 0.3) is 11.6 Å². The molecule has 0 spiro atoms. The van der Waals surface area contributed by atoms with Gasteiger partial charge in [0.2, 0.25) is 5.91 Å². The summed E-state index contributed by atoms with van der Waals surface area (Å²) < 4.78 is 16.2. The second kappa shape index (κ2) is 8.87. The van der Waals surface area contributed by atoms with E-state index in [-0.39, 0.29) is 11.6 Å². The van der Waals surface area contributed by atoms with Crippen LogP contribution in [0.3, 0.4) is 0 Å². The van der Waals surface area contributed by atoms with Gasteiger partial charge in [0.1, 0.15) is 11.7 Å². The fourth-order valence-electron chi connectivity index (χ4n) is 3.93. The van der Waals surface area contributed by atoms with E-state index in [1.165, 1.54) is 6.26 Å². The molecule has 9 heteroatoms. The first-order valence-electron chi connectivity index (χ1n) is 10.6. The van der Waals surface area contributed by atoms with E-state index < -0.39 is 11.9 Å². The van der Waals surface area contributed by atoms with Gasteiger partial charge in [-0.2, -0.15) is 0 Å². The number of rotatable bonds is 5. The average Bonchev–Trinajstić information content (AvgIpc) is 3.53. The number of carbonyl (C=O) groups excluding carboxylic acids is 2. The second-order valence-corrected chi connectivity index (χ2v) is 7.74. The predicted octanol–water partition coefficient (Wildman–Crippen LogP) is 3.12. The van der Waals surface area contributed by atoms with Crippen molar-refractivity contribution in [2.45, 2.75) is 13.0 Å². The summed E-state index contributed by atoms with van der Waals surface area (Å²) in [5, 5.41) is 7.39. The third-order valence-electron chi connectivity index (χ3n) is 5.61. The summed E-state index contributed by atoms with van der Waals surface area (Å²) in [6.07, 6.45) is 1.53. The Morgan fingerprint density at radius 2 is 1.88 bits per heavy atom. The summed E-state index contributed by atoms with van der Waals surface area (Å²) in [6.45, 7) is 3.64. The van der Waals surface area contributed by atoms with Crippen LogP contribution in [0.5, 0.6) is 0 Å². The molecule has 1 saturated heterocycles. The van der Waals surface area contributed by atoms with E-state index >= 15 is 0 Å². The average molecular weight is 446 g/mol. The number of aryl methyl sites for hydroxylation is 1. The third kappa shape index (κ3) is 4.10. The summed E-state index contributed by atoms with van der Waals surface area (Å²) in [5.74, 6) is -0.127. The lowest BCUT2D eigenvalue weighted by atomic mass is 10.0. The highest BCUT2D eigenvalue weighted by Gasteiger charge is 2.30. The third-order valence-corrected chi connectivity index (χ3v) is 5.61. The lowest BCUT2D eigenvalue weighted by Gasteiger charge is -2.31. The fourth-order valence-corrected chi connectivity index (χ4v) is 3.93. The molecule has 0 radical (unpaired) electrons. The minimum Gasteiger partial charge on any atom is -0.463 e. The maximum Gasteiger partial charge on any atom is 0.259 e. The fraction of sp³-hybridized carbons (Fsp3) is 0.250. The van der Waals surface area contributed by atoms with Gasteiger partial charge in [-0.3, -0.25) is 9.59 Å². The van der Waals surface area contributed by atoms with Gasteiger partial charge in [0.05, 0.1) is 36.1 Å². The predicted molar refractivity (Wildman–Crippen MR) is 118 cm³/mol. The molecule has 1 unspecified atom stereocenters. The molecule has 1 fully saturated rings. The van der Waals surface area contributed by atoms with Crippen molar-refractivity contribution < 1.29 is 23.3 Å². The van der Waals surface area contributed by atoms with Crippen LogP contribution in [0, 0.1) is 6.92 Å². The Morgan fingerprint density at radius 3 is 2.61 bits per heavy atom. The Morgan fingerprint density at radius 1 is 1.09 bits per heavy atom. The molecular formula is C24H22N4O5. The molecule has 1 aliphatic heterocycles. The summed E-state index contributed by atoms with van der Waals surface area (Å²) in [5.41, 5.74) is 2.19. The standard InChI is InChI=1S/C24H22N4O5/c1-15-20-17(14-18(19-8-5-11-32-19)25-23(20)33-27-15)22(29)26-21(16-6-3-2-4-7-16)24(30)28-9-12-31-13-10-28/h2-8,11,14,21H,9-10,12-13H2,1H3,(H,26,29). The number of hydrogen-bond acceptors (Lipinski definition) is 7. The van der Waals surface area contributed by atoms with Crippen molar-refractivity contribution in [3.05, 3.63) is 71.6 Å². The lowest BCUT2D eigenvalue weighted by molar-refractivity contribution is -0.137. The Bertz CT molecular complexity index is 1280. The van der Waals surface area contributed by atoms with Crippen LogP contribution < -0.4 is 5.32 Å². The molecule has 33 heavy (non-hydrogen) atoms. The summed E-state index contributed by atoms with van der Waals surface area (Å²) in [4.78, 5) is 33.1. The number of nitrogens with one attached hydrogen (secondary N) is 1. The lowest BCUT2D eigenvalue weighted by Crippen LogP contribution is -2.47. The van der Waals surface area contributed by atoms with Gasteiger partial charge in [0.15, 0.2) is 5.76 Å². The van der Waals surface area contributed by atoms with Crippen LogP contribution in [0.25, 0.3) is 22.6 Å². The van der Waals surface area contributed by atoms with Gasteiger partial charge in [-0.1, -0.05) is 35.5 Å². The molecule has 0 aliphatic carbocycles. The number of fused-ring (bicyclic) bond motifs is 1. The van der Waals surface area contributed by atoms with Gasteiger partial charge in [-0.25, -0.2) is 4.98 Å². The zero-order valence-corrected chi connectivity index (χ0v) is 18.0. The van der Waals surface area contributed by atoms with Crippen molar-refractivity contribution in [3.8, 4) is 11.5 Å². The monoisotopic (exact) mass is 446 g/mol. The molecule has 0 saturated carbocycles. The normalized spacial score (nSPS) is 14.9. The summed E-state index contributed by atoms with van der Waals surface area (Å²) in [6, 6.07) is 13.4. The van der Waals surface area contributed by atoms with Crippen molar-refractivity contribution >= 4 is 22.9 Å². The Kier molecular flexibility index (Phi) is 5.62. The van der Waals surface area contributed by atoms with Gasteiger partial charge in [-0.05, 0) is 30.7 Å². The number of hydrogen-bond donors (Lipinski definition) is 1. The first-order chi connectivity index (χ1) is 16.1. The zero-order chi connectivity index (χ0) is 22.8. The SMILES string of the molecule is Cc1noc2nc(-c3ccco3)cc(C(=O)NC(C(=O)N3CCOCC3)c3ccccc3)c12. The number of ether oxygens (including phenoxy) is 1. The van der Waals surface area contributed by atoms with Crippen molar-refractivity contribution in [1.82, 2.24) is 20.4 Å². The van der Waals surface area contributed by atoms with E-state index in [4.69, 9.17) is 13.7 Å². The van der Waals surface area contributed by atoms with Crippen LogP contribution in [-0.4, -0.2) is 53.2 Å². The first-order valence-corrected chi connectivity index (χ1v) is 10.6. The van der Waals surface area contributed by atoms with E-state index in [9.17, 15) is 9.59 Å². The van der Waals surface area contributed by atoms with Crippen LogP contribution >= 0.6 is 0 Å². The number of furan rings is 1. The van der Waals surface area contributed by atoms with Crippen LogP contribution in [0.15, 0.2) is 63.7 Å². The van der Waals surface area contributed by atoms with Crippen molar-refractivity contribution in [2.24, 2.45) is 0 Å². The number of benzene rings is 1. The van der Waals surface area contributed by atoms with Crippen molar-refractivity contribution in [1.29, 1.82) is 0 Å². The summed E-state index contributed by atoms with van der Waals surface area (Å²) in [7, 11) is 0. The van der Waals surface area contributed by atoms with Crippen LogP contribution in [0.1, 0.15) is 27.7 Å². The molecule has 1 aromatic carbocycles. The molecule has 2 amide bonds. The largest absolute Gasteiger partial charge is 0.463 e. The van der Waals surface area contributed by atoms with E-state index in [2.05, 4.69) is 15.5 Å². The Balaban J connectivity index is 1.53. The molecule has 1 N–H and O–H groups in total. The molecule has 1 atom stereocenters. The number of pyridine rings is 1. The van der Waals surface area contributed by atoms with Crippen molar-refractivity contribution in [3.63, 3.8) is 0 Å². The minimum absolute atomic E-state index is 0.184. The van der Waals surface area contributed by atoms with Crippen LogP contribution in [-0.2, 0) is 9.53 Å².